The fourth-order valence-corrected chi connectivity index (χ4v) is 4.56. The van der Waals surface area contributed by atoms with Crippen LogP contribution in [-0.4, -0.2) is 50.6 Å². The smallest absolute Gasteiger partial charge is 0.422 e. The Hall–Kier alpha value is -5.58. The number of benzene rings is 3. The maximum Gasteiger partial charge on any atom is 0.422 e. The van der Waals surface area contributed by atoms with Crippen LogP contribution in [0.25, 0.3) is 50.4 Å². The molecule has 0 fully saturated rings. The van der Waals surface area contributed by atoms with Crippen molar-refractivity contribution in [3.05, 3.63) is 109 Å². The molecule has 0 bridgehead atoms. The number of methoxy groups -OCH3 is 1. The number of carbonyl (C=O) groups excluding carboxylic acids is 1. The first kappa shape index (κ1) is 27.6. The summed E-state index contributed by atoms with van der Waals surface area (Å²) in [5, 5.41) is 4.90. The number of esters is 1. The lowest BCUT2D eigenvalue weighted by atomic mass is 10.0. The Kier molecular flexibility index (Phi) is 7.29. The predicted octanol–water partition coefficient (Wildman–Crippen LogP) is 6.94. The molecule has 11 heteroatoms. The SMILES string of the molecule is COC(=O)c1cccc(-n2nc(-c3ccc(-c4ccc(OCC(F)(F)F)nc4)cc3)cc2-c2ccc3nccnc3c2)c1. The van der Waals surface area contributed by atoms with Crippen molar-refractivity contribution in [1.29, 1.82) is 0 Å². The number of aromatic nitrogens is 5. The molecule has 0 radical (unpaired) electrons. The molecule has 3 heterocycles. The van der Waals surface area contributed by atoms with E-state index in [0.717, 1.165) is 33.4 Å². The largest absolute Gasteiger partial charge is 0.468 e. The van der Waals surface area contributed by atoms with Crippen LogP contribution in [0.5, 0.6) is 5.88 Å². The van der Waals surface area contributed by atoms with Crippen LogP contribution < -0.4 is 4.74 Å². The Morgan fingerprint density at radius 3 is 2.23 bits per heavy atom. The summed E-state index contributed by atoms with van der Waals surface area (Å²) in [6.07, 6.45) is 0.299. The summed E-state index contributed by atoms with van der Waals surface area (Å²) in [6.45, 7) is -1.40. The quantitative estimate of drug-likeness (QED) is 0.189. The number of halogens is 3. The van der Waals surface area contributed by atoms with Gasteiger partial charge in [-0.15, -0.1) is 0 Å². The third-order valence-corrected chi connectivity index (χ3v) is 6.62. The Balaban J connectivity index is 1.35. The lowest BCUT2D eigenvalue weighted by Crippen LogP contribution is -2.19. The molecule has 43 heavy (non-hydrogen) atoms. The van der Waals surface area contributed by atoms with Gasteiger partial charge in [-0.05, 0) is 48.0 Å². The summed E-state index contributed by atoms with van der Waals surface area (Å²) in [5.74, 6) is -0.562. The van der Waals surface area contributed by atoms with Crippen molar-refractivity contribution >= 4 is 17.0 Å². The normalized spacial score (nSPS) is 11.4. The van der Waals surface area contributed by atoms with Crippen LogP contribution in [0, 0.1) is 0 Å². The number of hydrogen-bond donors (Lipinski definition) is 0. The lowest BCUT2D eigenvalue weighted by molar-refractivity contribution is -0.154. The van der Waals surface area contributed by atoms with Crippen LogP contribution in [0.3, 0.4) is 0 Å². The minimum Gasteiger partial charge on any atom is -0.468 e. The summed E-state index contributed by atoms with van der Waals surface area (Å²) in [6, 6.07) is 25.3. The Labute approximate surface area is 243 Å². The van der Waals surface area contributed by atoms with Gasteiger partial charge in [0, 0.05) is 41.3 Å². The van der Waals surface area contributed by atoms with Crippen molar-refractivity contribution in [2.45, 2.75) is 6.18 Å². The third kappa shape index (κ3) is 6.05. The van der Waals surface area contributed by atoms with Gasteiger partial charge in [0.1, 0.15) is 0 Å². The van der Waals surface area contributed by atoms with E-state index in [-0.39, 0.29) is 5.88 Å². The van der Waals surface area contributed by atoms with Crippen LogP contribution >= 0.6 is 0 Å². The molecule has 0 saturated heterocycles. The summed E-state index contributed by atoms with van der Waals surface area (Å²) in [7, 11) is 1.33. The summed E-state index contributed by atoms with van der Waals surface area (Å²) < 4.78 is 48.6. The van der Waals surface area contributed by atoms with Gasteiger partial charge in [-0.1, -0.05) is 36.4 Å². The summed E-state index contributed by atoms with van der Waals surface area (Å²) in [5.41, 5.74) is 7.20. The van der Waals surface area contributed by atoms with E-state index >= 15 is 0 Å². The zero-order valence-electron chi connectivity index (χ0n) is 22.6. The van der Waals surface area contributed by atoms with E-state index in [0.29, 0.717) is 22.5 Å². The predicted molar refractivity (Wildman–Crippen MR) is 154 cm³/mol. The van der Waals surface area contributed by atoms with E-state index in [9.17, 15) is 18.0 Å². The molecule has 0 aliphatic heterocycles. The molecule has 3 aromatic carbocycles. The van der Waals surface area contributed by atoms with Crippen molar-refractivity contribution in [3.63, 3.8) is 0 Å². The fraction of sp³-hybridized carbons (Fsp3) is 0.0938. The van der Waals surface area contributed by atoms with E-state index < -0.39 is 18.8 Å². The minimum atomic E-state index is -4.43. The number of hydrogen-bond acceptors (Lipinski definition) is 7. The number of ether oxygens (including phenoxy) is 2. The maximum atomic E-state index is 12.4. The second-order valence-electron chi connectivity index (χ2n) is 9.49. The number of alkyl halides is 3. The van der Waals surface area contributed by atoms with Gasteiger partial charge in [-0.25, -0.2) is 14.5 Å². The van der Waals surface area contributed by atoms with E-state index in [4.69, 9.17) is 14.6 Å². The highest BCUT2D eigenvalue weighted by Gasteiger charge is 2.28. The second-order valence-corrected chi connectivity index (χ2v) is 9.49. The first-order chi connectivity index (χ1) is 20.8. The topological polar surface area (TPSA) is 92.0 Å². The molecule has 0 spiro atoms. The van der Waals surface area contributed by atoms with Crippen LogP contribution in [0.4, 0.5) is 13.2 Å². The molecule has 0 aliphatic carbocycles. The first-order valence-corrected chi connectivity index (χ1v) is 13.0. The molecule has 8 nitrogen and oxygen atoms in total. The maximum absolute atomic E-state index is 12.4. The molecule has 0 atom stereocenters. The van der Waals surface area contributed by atoms with Gasteiger partial charge >= 0.3 is 12.1 Å². The highest BCUT2D eigenvalue weighted by Crippen LogP contribution is 2.32. The van der Waals surface area contributed by atoms with Gasteiger partial charge in [-0.2, -0.15) is 18.3 Å². The molecule has 214 valence electrons. The van der Waals surface area contributed by atoms with Gasteiger partial charge in [0.05, 0.1) is 40.8 Å². The van der Waals surface area contributed by atoms with Crippen molar-refractivity contribution in [2.24, 2.45) is 0 Å². The number of pyridine rings is 1. The fourth-order valence-electron chi connectivity index (χ4n) is 4.56. The van der Waals surface area contributed by atoms with Gasteiger partial charge in [0.2, 0.25) is 5.88 Å². The average molecular weight is 582 g/mol. The lowest BCUT2D eigenvalue weighted by Gasteiger charge is -2.09. The number of rotatable bonds is 7. The van der Waals surface area contributed by atoms with Gasteiger partial charge < -0.3 is 9.47 Å². The number of carbonyl (C=O) groups is 1. The molecule has 3 aromatic heterocycles. The molecule has 0 aliphatic rings. The van der Waals surface area contributed by atoms with E-state index in [1.165, 1.54) is 19.4 Å². The molecule has 0 N–H and O–H groups in total. The molecule has 6 aromatic rings. The first-order valence-electron chi connectivity index (χ1n) is 13.0. The summed E-state index contributed by atoms with van der Waals surface area (Å²) in [4.78, 5) is 25.0. The van der Waals surface area contributed by atoms with E-state index in [1.54, 1.807) is 41.3 Å². The van der Waals surface area contributed by atoms with Gasteiger partial charge in [0.25, 0.3) is 0 Å². The van der Waals surface area contributed by atoms with Gasteiger partial charge in [-0.3, -0.25) is 9.97 Å². The zero-order valence-corrected chi connectivity index (χ0v) is 22.6. The molecule has 6 rings (SSSR count). The molecular weight excluding hydrogens is 559 g/mol. The zero-order chi connectivity index (χ0) is 30.0. The number of nitrogens with zero attached hydrogens (tertiary/aromatic N) is 5. The standard InChI is InChI=1S/C32H22F3N5O3/c1-42-31(41)23-3-2-4-25(15-23)40-29(22-9-11-26-28(16-22)37-14-13-36-26)17-27(39-40)21-7-5-20(6-8-21)24-10-12-30(38-18-24)43-19-32(33,34)35/h2-18H,19H2,1H3. The van der Waals surface area contributed by atoms with Crippen molar-refractivity contribution in [1.82, 2.24) is 24.7 Å². The Morgan fingerprint density at radius 2 is 1.51 bits per heavy atom. The molecule has 0 saturated carbocycles. The van der Waals surface area contributed by atoms with Crippen molar-refractivity contribution in [2.75, 3.05) is 13.7 Å². The number of fused-ring (bicyclic) bond motifs is 1. The van der Waals surface area contributed by atoms with Crippen LogP contribution in [-0.2, 0) is 4.74 Å². The van der Waals surface area contributed by atoms with E-state index in [1.807, 2.05) is 54.6 Å². The summed E-state index contributed by atoms with van der Waals surface area (Å²) >= 11 is 0. The monoisotopic (exact) mass is 581 g/mol. The van der Waals surface area contributed by atoms with E-state index in [2.05, 4.69) is 15.0 Å². The Bertz CT molecular complexity index is 1920. The second kappa shape index (κ2) is 11.4. The van der Waals surface area contributed by atoms with Crippen molar-refractivity contribution < 1.29 is 27.4 Å². The van der Waals surface area contributed by atoms with Crippen LogP contribution in [0.15, 0.2) is 104 Å². The average Bonchev–Trinajstić information content (AvgIpc) is 3.49. The highest BCUT2D eigenvalue weighted by atomic mass is 19.4. The molecule has 0 amide bonds. The van der Waals surface area contributed by atoms with Crippen LogP contribution in [0.1, 0.15) is 10.4 Å². The Morgan fingerprint density at radius 1 is 0.791 bits per heavy atom. The third-order valence-electron chi connectivity index (χ3n) is 6.62. The molecule has 0 unspecified atom stereocenters. The highest BCUT2D eigenvalue weighted by molar-refractivity contribution is 5.90. The molecular formula is C32H22F3N5O3. The van der Waals surface area contributed by atoms with Crippen LogP contribution in [0.2, 0.25) is 0 Å². The van der Waals surface area contributed by atoms with Gasteiger partial charge in [0.15, 0.2) is 6.61 Å². The minimum absolute atomic E-state index is 0.105. The van der Waals surface area contributed by atoms with Crippen molar-refractivity contribution in [3.8, 4) is 45.2 Å².